The zero-order valence-corrected chi connectivity index (χ0v) is 17.3. The van der Waals surface area contributed by atoms with Crippen LogP contribution in [0.5, 0.6) is 23.0 Å². The highest BCUT2D eigenvalue weighted by Gasteiger charge is 2.29. The first-order chi connectivity index (χ1) is 14.3. The van der Waals surface area contributed by atoms with E-state index >= 15 is 0 Å². The van der Waals surface area contributed by atoms with Crippen LogP contribution in [0.25, 0.3) is 0 Å². The van der Waals surface area contributed by atoms with Crippen molar-refractivity contribution in [3.05, 3.63) is 59.4 Å². The van der Waals surface area contributed by atoms with Crippen LogP contribution in [0.2, 0.25) is 0 Å². The molecule has 30 heavy (non-hydrogen) atoms. The van der Waals surface area contributed by atoms with E-state index in [1.165, 1.54) is 12.1 Å². The van der Waals surface area contributed by atoms with Gasteiger partial charge < -0.3 is 18.9 Å². The molecule has 2 unspecified atom stereocenters. The number of hydrogen-bond acceptors (Lipinski definition) is 4. The Kier molecular flexibility index (Phi) is 6.92. The van der Waals surface area contributed by atoms with Crippen LogP contribution < -0.4 is 14.2 Å². The second-order valence-electron chi connectivity index (χ2n) is 7.24. The van der Waals surface area contributed by atoms with E-state index in [0.717, 1.165) is 0 Å². The normalized spacial score (nSPS) is 14.2. The van der Waals surface area contributed by atoms with Crippen LogP contribution in [0, 0.1) is 23.4 Å². The van der Waals surface area contributed by atoms with Crippen molar-refractivity contribution >= 4 is 0 Å². The molecule has 0 spiro atoms. The standard InChI is InChI=1S/C23H25F3O4/c1-5-13(3)11-28-14(4)12-29-17-8-7-15-9-16-10-18(27-6-2)19(24)21(26)23(16)30-22(15)20(17)25/h5,7-8,10,13-14H,1,6,9,11-12H2,2-4H3. The Labute approximate surface area is 174 Å². The van der Waals surface area contributed by atoms with Gasteiger partial charge in [0.05, 0.1) is 19.3 Å². The lowest BCUT2D eigenvalue weighted by Crippen LogP contribution is -2.21. The minimum atomic E-state index is -1.20. The molecule has 0 N–H and O–H groups in total. The summed E-state index contributed by atoms with van der Waals surface area (Å²) in [6.07, 6.45) is 1.69. The second kappa shape index (κ2) is 9.43. The molecule has 3 rings (SSSR count). The zero-order valence-electron chi connectivity index (χ0n) is 17.3. The maximum Gasteiger partial charge on any atom is 0.207 e. The summed E-state index contributed by atoms with van der Waals surface area (Å²) in [6, 6.07) is 4.51. The lowest BCUT2D eigenvalue weighted by Gasteiger charge is -2.23. The van der Waals surface area contributed by atoms with Crippen molar-refractivity contribution in [1.82, 2.24) is 0 Å². The summed E-state index contributed by atoms with van der Waals surface area (Å²) in [5, 5.41) is 0. The molecular weight excluding hydrogens is 397 g/mol. The summed E-state index contributed by atoms with van der Waals surface area (Å²) in [7, 11) is 0. The van der Waals surface area contributed by atoms with Crippen molar-refractivity contribution in [2.75, 3.05) is 19.8 Å². The summed E-state index contributed by atoms with van der Waals surface area (Å²) >= 11 is 0. The lowest BCUT2D eigenvalue weighted by molar-refractivity contribution is 0.0213. The molecule has 0 saturated carbocycles. The van der Waals surface area contributed by atoms with E-state index in [0.29, 0.717) is 17.7 Å². The van der Waals surface area contributed by atoms with Crippen molar-refractivity contribution in [3.8, 4) is 23.0 Å². The smallest absolute Gasteiger partial charge is 0.207 e. The maximum atomic E-state index is 15.0. The van der Waals surface area contributed by atoms with Crippen molar-refractivity contribution in [1.29, 1.82) is 0 Å². The van der Waals surface area contributed by atoms with Gasteiger partial charge in [-0.3, -0.25) is 0 Å². The molecule has 2 atom stereocenters. The van der Waals surface area contributed by atoms with Crippen LogP contribution in [0.3, 0.4) is 0 Å². The molecule has 1 aliphatic rings. The molecule has 4 nitrogen and oxygen atoms in total. The van der Waals surface area contributed by atoms with Gasteiger partial charge in [0, 0.05) is 17.5 Å². The monoisotopic (exact) mass is 422 g/mol. The summed E-state index contributed by atoms with van der Waals surface area (Å²) in [6.45, 7) is 9.94. The van der Waals surface area contributed by atoms with E-state index in [1.54, 1.807) is 19.1 Å². The number of halogens is 3. The highest BCUT2D eigenvalue weighted by atomic mass is 19.2. The van der Waals surface area contributed by atoms with Crippen molar-refractivity contribution in [3.63, 3.8) is 0 Å². The van der Waals surface area contributed by atoms with Crippen molar-refractivity contribution in [2.45, 2.75) is 33.3 Å². The quantitative estimate of drug-likeness (QED) is 0.408. The summed E-state index contributed by atoms with van der Waals surface area (Å²) in [5.74, 6) is -3.68. The molecule has 0 radical (unpaired) electrons. The fourth-order valence-corrected chi connectivity index (χ4v) is 3.02. The molecule has 1 heterocycles. The summed E-state index contributed by atoms with van der Waals surface area (Å²) < 4.78 is 65.3. The topological polar surface area (TPSA) is 36.9 Å². The highest BCUT2D eigenvalue weighted by molar-refractivity contribution is 5.55. The third-order valence-electron chi connectivity index (χ3n) is 4.75. The van der Waals surface area contributed by atoms with Crippen molar-refractivity contribution < 1.29 is 32.1 Å². The second-order valence-corrected chi connectivity index (χ2v) is 7.24. The van der Waals surface area contributed by atoms with Crippen molar-refractivity contribution in [2.24, 2.45) is 5.92 Å². The maximum absolute atomic E-state index is 15.0. The van der Waals surface area contributed by atoms with E-state index in [9.17, 15) is 13.2 Å². The van der Waals surface area contributed by atoms with Crippen LogP contribution in [0.4, 0.5) is 13.2 Å². The molecule has 0 aromatic heterocycles. The van der Waals surface area contributed by atoms with E-state index in [-0.39, 0.29) is 54.7 Å². The van der Waals surface area contributed by atoms with Gasteiger partial charge in [-0.25, -0.2) is 0 Å². The predicted octanol–water partition coefficient (Wildman–Crippen LogP) is 5.81. The summed E-state index contributed by atoms with van der Waals surface area (Å²) in [5.41, 5.74) is 0.890. The van der Waals surface area contributed by atoms with Gasteiger partial charge in [-0.2, -0.15) is 13.2 Å². The molecule has 0 amide bonds. The number of ether oxygens (including phenoxy) is 4. The minimum Gasteiger partial charge on any atom is -0.491 e. The molecule has 0 saturated heterocycles. The van der Waals surface area contributed by atoms with Gasteiger partial charge in [-0.05, 0) is 31.9 Å². The highest BCUT2D eigenvalue weighted by Crippen LogP contribution is 2.44. The predicted molar refractivity (Wildman–Crippen MR) is 107 cm³/mol. The van der Waals surface area contributed by atoms with Crippen LogP contribution in [-0.4, -0.2) is 25.9 Å². The van der Waals surface area contributed by atoms with E-state index in [2.05, 4.69) is 6.58 Å². The van der Waals surface area contributed by atoms with Gasteiger partial charge in [0.15, 0.2) is 23.0 Å². The first-order valence-electron chi connectivity index (χ1n) is 9.85. The first kappa shape index (κ1) is 22.0. The molecule has 162 valence electrons. The van der Waals surface area contributed by atoms with Crippen LogP contribution in [-0.2, 0) is 11.2 Å². The van der Waals surface area contributed by atoms with Gasteiger partial charge in [-0.1, -0.05) is 19.1 Å². The molecule has 2 aromatic rings. The Hall–Kier alpha value is -2.67. The van der Waals surface area contributed by atoms with Gasteiger partial charge in [0.25, 0.3) is 0 Å². The van der Waals surface area contributed by atoms with Gasteiger partial charge >= 0.3 is 0 Å². The van der Waals surface area contributed by atoms with Gasteiger partial charge in [0.1, 0.15) is 6.61 Å². The largest absolute Gasteiger partial charge is 0.491 e. The fourth-order valence-electron chi connectivity index (χ4n) is 3.02. The van der Waals surface area contributed by atoms with Crippen LogP contribution in [0.1, 0.15) is 31.9 Å². The van der Waals surface area contributed by atoms with Gasteiger partial charge in [0.2, 0.25) is 17.5 Å². The number of fused-ring (bicyclic) bond motifs is 2. The Balaban J connectivity index is 1.76. The minimum absolute atomic E-state index is 0.0452. The van der Waals surface area contributed by atoms with Gasteiger partial charge in [-0.15, -0.1) is 6.58 Å². The Morgan fingerprint density at radius 2 is 1.73 bits per heavy atom. The first-order valence-corrected chi connectivity index (χ1v) is 9.85. The SMILES string of the molecule is C=CC(C)COC(C)COc1ccc2c(c1F)Oc1c(cc(OCC)c(F)c1F)C2. The van der Waals surface area contributed by atoms with E-state index in [1.807, 2.05) is 13.8 Å². The lowest BCUT2D eigenvalue weighted by atomic mass is 9.99. The molecule has 0 fully saturated rings. The Morgan fingerprint density at radius 1 is 1.00 bits per heavy atom. The average molecular weight is 422 g/mol. The molecule has 7 heteroatoms. The third kappa shape index (κ3) is 4.56. The number of rotatable bonds is 9. The van der Waals surface area contributed by atoms with E-state index < -0.39 is 17.5 Å². The average Bonchev–Trinajstić information content (AvgIpc) is 2.74. The summed E-state index contributed by atoms with van der Waals surface area (Å²) in [4.78, 5) is 0. The number of benzene rings is 2. The van der Waals surface area contributed by atoms with E-state index in [4.69, 9.17) is 18.9 Å². The zero-order chi connectivity index (χ0) is 21.8. The Morgan fingerprint density at radius 3 is 2.43 bits per heavy atom. The number of hydrogen-bond donors (Lipinski definition) is 0. The third-order valence-corrected chi connectivity index (χ3v) is 4.75. The molecule has 2 aromatic carbocycles. The molecular formula is C23H25F3O4. The molecule has 0 bridgehead atoms. The molecule has 1 aliphatic heterocycles. The van der Waals surface area contributed by atoms with Crippen LogP contribution >= 0.6 is 0 Å². The Bertz CT molecular complexity index is 929. The van der Waals surface area contributed by atoms with Crippen LogP contribution in [0.15, 0.2) is 30.9 Å². The molecule has 0 aliphatic carbocycles. The fraction of sp³-hybridized carbons (Fsp3) is 0.391.